The molecule has 17 heavy (non-hydrogen) atoms. The Labute approximate surface area is 117 Å². The second-order valence-corrected chi connectivity index (χ2v) is 5.12. The van der Waals surface area contributed by atoms with Crippen molar-refractivity contribution in [3.05, 3.63) is 26.2 Å². The summed E-state index contributed by atoms with van der Waals surface area (Å²) in [6.45, 7) is -1.36. The molecule has 0 atom stereocenters. The zero-order valence-electron chi connectivity index (χ0n) is 8.24. The third-order valence-electron chi connectivity index (χ3n) is 1.63. The molecule has 0 aliphatic heterocycles. The van der Waals surface area contributed by atoms with Gasteiger partial charge < -0.3 is 10.6 Å². The van der Waals surface area contributed by atoms with Crippen LogP contribution in [-0.4, -0.2) is 18.8 Å². The van der Waals surface area contributed by atoms with Crippen LogP contribution < -0.4 is 10.6 Å². The van der Waals surface area contributed by atoms with E-state index in [1.807, 2.05) is 22.6 Å². The van der Waals surface area contributed by atoms with Gasteiger partial charge >= 0.3 is 12.2 Å². The molecule has 0 unspecified atom stereocenters. The van der Waals surface area contributed by atoms with Gasteiger partial charge in [0.05, 0.1) is 5.69 Å². The Morgan fingerprint density at radius 2 is 2.06 bits per heavy atom. The summed E-state index contributed by atoms with van der Waals surface area (Å²) < 4.78 is 37.0. The van der Waals surface area contributed by atoms with E-state index in [2.05, 4.69) is 21.2 Å². The largest absolute Gasteiger partial charge is 0.405 e. The summed E-state index contributed by atoms with van der Waals surface area (Å²) in [5, 5.41) is 4.06. The van der Waals surface area contributed by atoms with E-state index in [0.29, 0.717) is 5.69 Å². The highest BCUT2D eigenvalue weighted by Crippen LogP contribution is 2.22. The normalized spacial score (nSPS) is 11.1. The van der Waals surface area contributed by atoms with Crippen molar-refractivity contribution in [1.29, 1.82) is 0 Å². The first kappa shape index (κ1) is 14.6. The van der Waals surface area contributed by atoms with Crippen LogP contribution in [0.25, 0.3) is 0 Å². The minimum absolute atomic E-state index is 0.444. The van der Waals surface area contributed by atoms with Gasteiger partial charge in [0.25, 0.3) is 0 Å². The first-order chi connectivity index (χ1) is 7.78. The maximum atomic E-state index is 11.8. The van der Waals surface area contributed by atoms with E-state index in [-0.39, 0.29) is 0 Å². The van der Waals surface area contributed by atoms with E-state index < -0.39 is 18.8 Å². The molecule has 0 saturated carbocycles. The highest BCUT2D eigenvalue weighted by atomic mass is 127. The number of amides is 2. The highest BCUT2D eigenvalue weighted by Gasteiger charge is 2.27. The molecule has 0 fully saturated rings. The van der Waals surface area contributed by atoms with Crippen molar-refractivity contribution in [2.24, 2.45) is 0 Å². The Hall–Kier alpha value is -0.510. The Bertz CT molecular complexity index is 425. The first-order valence-electron chi connectivity index (χ1n) is 4.34. The van der Waals surface area contributed by atoms with Crippen molar-refractivity contribution >= 4 is 50.2 Å². The van der Waals surface area contributed by atoms with Gasteiger partial charge in [0.1, 0.15) is 6.54 Å². The Balaban J connectivity index is 2.59. The summed E-state index contributed by atoms with van der Waals surface area (Å²) in [4.78, 5) is 11.2. The van der Waals surface area contributed by atoms with Crippen molar-refractivity contribution in [3.8, 4) is 0 Å². The maximum absolute atomic E-state index is 11.8. The van der Waals surface area contributed by atoms with Crippen LogP contribution >= 0.6 is 38.5 Å². The van der Waals surface area contributed by atoms with E-state index in [1.54, 1.807) is 23.5 Å². The number of carbonyl (C=O) groups excluding carboxylic acids is 1. The lowest BCUT2D eigenvalue weighted by Gasteiger charge is -2.11. The Morgan fingerprint density at radius 1 is 1.41 bits per heavy atom. The SMILES string of the molecule is O=C(NCC(F)(F)F)Nc1cc(Br)ccc1I. The number of hydrogen-bond donors (Lipinski definition) is 2. The third kappa shape index (κ3) is 5.57. The minimum atomic E-state index is -4.41. The molecule has 2 N–H and O–H groups in total. The number of nitrogens with one attached hydrogen (secondary N) is 2. The molecule has 8 heteroatoms. The van der Waals surface area contributed by atoms with Crippen molar-refractivity contribution in [2.75, 3.05) is 11.9 Å². The molecule has 0 spiro atoms. The van der Waals surface area contributed by atoms with Crippen LogP contribution in [0.5, 0.6) is 0 Å². The number of alkyl halides is 3. The fraction of sp³-hybridized carbons (Fsp3) is 0.222. The zero-order chi connectivity index (χ0) is 13.1. The molecule has 1 aromatic carbocycles. The third-order valence-corrected chi connectivity index (χ3v) is 3.06. The van der Waals surface area contributed by atoms with Crippen LogP contribution in [0.1, 0.15) is 0 Å². The van der Waals surface area contributed by atoms with Crippen molar-refractivity contribution in [3.63, 3.8) is 0 Å². The second-order valence-electron chi connectivity index (χ2n) is 3.05. The summed E-state index contributed by atoms with van der Waals surface area (Å²) in [7, 11) is 0. The van der Waals surface area contributed by atoms with Gasteiger partial charge in [-0.15, -0.1) is 0 Å². The summed E-state index contributed by atoms with van der Waals surface area (Å²) in [6.07, 6.45) is -4.41. The van der Waals surface area contributed by atoms with E-state index in [9.17, 15) is 18.0 Å². The van der Waals surface area contributed by atoms with Crippen LogP contribution in [0.4, 0.5) is 23.7 Å². The number of anilines is 1. The van der Waals surface area contributed by atoms with Crippen molar-refractivity contribution in [2.45, 2.75) is 6.18 Å². The van der Waals surface area contributed by atoms with E-state index >= 15 is 0 Å². The van der Waals surface area contributed by atoms with Crippen LogP contribution in [0, 0.1) is 3.57 Å². The lowest BCUT2D eigenvalue weighted by molar-refractivity contribution is -0.122. The molecule has 0 heterocycles. The predicted octanol–water partition coefficient (Wildman–Crippen LogP) is 3.74. The number of carbonyl (C=O) groups is 1. The predicted molar refractivity (Wildman–Crippen MR) is 69.9 cm³/mol. The van der Waals surface area contributed by atoms with E-state index in [1.165, 1.54) is 0 Å². The van der Waals surface area contributed by atoms with Crippen LogP contribution in [0.3, 0.4) is 0 Å². The molecular formula is C9H7BrF3IN2O. The van der Waals surface area contributed by atoms with Gasteiger partial charge in [0.2, 0.25) is 0 Å². The van der Waals surface area contributed by atoms with Crippen LogP contribution in [0.15, 0.2) is 22.7 Å². The van der Waals surface area contributed by atoms with Crippen LogP contribution in [-0.2, 0) is 0 Å². The summed E-state index contributed by atoms with van der Waals surface area (Å²) in [5.41, 5.74) is 0.444. The number of halogens is 5. The topological polar surface area (TPSA) is 41.1 Å². The van der Waals surface area contributed by atoms with Gasteiger partial charge in [-0.25, -0.2) is 4.79 Å². The lowest BCUT2D eigenvalue weighted by Crippen LogP contribution is -2.36. The summed E-state index contributed by atoms with van der Waals surface area (Å²) in [6, 6.07) is 4.21. The van der Waals surface area contributed by atoms with Crippen LogP contribution in [0.2, 0.25) is 0 Å². The first-order valence-corrected chi connectivity index (χ1v) is 6.22. The van der Waals surface area contributed by atoms with Gasteiger partial charge in [-0.3, -0.25) is 0 Å². The standard InChI is InChI=1S/C9H7BrF3IN2O/c10-5-1-2-6(14)7(3-5)16-8(17)15-4-9(11,12)13/h1-3H,4H2,(H2,15,16,17). The molecule has 0 bridgehead atoms. The molecule has 0 aromatic heterocycles. The number of urea groups is 1. The van der Waals surface area contributed by atoms with Crippen molar-refractivity contribution in [1.82, 2.24) is 5.32 Å². The monoisotopic (exact) mass is 422 g/mol. The number of benzene rings is 1. The maximum Gasteiger partial charge on any atom is 0.405 e. The molecule has 1 aromatic rings. The second kappa shape index (κ2) is 5.89. The zero-order valence-corrected chi connectivity index (χ0v) is 12.0. The van der Waals surface area contributed by atoms with Gasteiger partial charge in [0.15, 0.2) is 0 Å². The summed E-state index contributed by atoms with van der Waals surface area (Å²) >= 11 is 5.17. The molecule has 0 aliphatic rings. The fourth-order valence-corrected chi connectivity index (χ4v) is 1.77. The van der Waals surface area contributed by atoms with Gasteiger partial charge in [0, 0.05) is 8.04 Å². The number of rotatable bonds is 2. The van der Waals surface area contributed by atoms with E-state index in [0.717, 1.165) is 8.04 Å². The molecule has 0 radical (unpaired) electrons. The molecule has 2 amide bonds. The minimum Gasteiger partial charge on any atom is -0.329 e. The Kier molecular flexibility index (Phi) is 5.04. The molecule has 0 saturated heterocycles. The number of hydrogen-bond acceptors (Lipinski definition) is 1. The lowest BCUT2D eigenvalue weighted by atomic mass is 10.3. The van der Waals surface area contributed by atoms with E-state index in [4.69, 9.17) is 0 Å². The molecular weight excluding hydrogens is 416 g/mol. The highest BCUT2D eigenvalue weighted by molar-refractivity contribution is 14.1. The molecule has 3 nitrogen and oxygen atoms in total. The average Bonchev–Trinajstić information content (AvgIpc) is 2.20. The molecule has 0 aliphatic carbocycles. The van der Waals surface area contributed by atoms with Crippen molar-refractivity contribution < 1.29 is 18.0 Å². The molecule has 94 valence electrons. The smallest absolute Gasteiger partial charge is 0.329 e. The average molecular weight is 423 g/mol. The fourth-order valence-electron chi connectivity index (χ4n) is 0.940. The Morgan fingerprint density at radius 3 is 2.65 bits per heavy atom. The van der Waals surface area contributed by atoms with Gasteiger partial charge in [-0.05, 0) is 40.8 Å². The molecule has 1 rings (SSSR count). The summed E-state index contributed by atoms with van der Waals surface area (Å²) in [5.74, 6) is 0. The quantitative estimate of drug-likeness (QED) is 0.700. The van der Waals surface area contributed by atoms with Gasteiger partial charge in [-0.1, -0.05) is 15.9 Å². The van der Waals surface area contributed by atoms with Gasteiger partial charge in [-0.2, -0.15) is 13.2 Å².